The molecular weight excluding hydrogens is 581 g/mol. The second kappa shape index (κ2) is 14.6. The van der Waals surface area contributed by atoms with E-state index in [0.717, 1.165) is 16.8 Å². The number of nitrogens with zero attached hydrogens (tertiary/aromatic N) is 1. The second-order valence-corrected chi connectivity index (χ2v) is 8.98. The first-order chi connectivity index (χ1) is 18.0. The zero-order chi connectivity index (χ0) is 26.0. The van der Waals surface area contributed by atoms with E-state index in [9.17, 15) is 4.79 Å². The first-order valence-corrected chi connectivity index (χ1v) is 12.5. The fourth-order valence-corrected chi connectivity index (χ4v) is 3.92. The summed E-state index contributed by atoms with van der Waals surface area (Å²) in [7, 11) is 0. The molecule has 5 aromatic rings. The summed E-state index contributed by atoms with van der Waals surface area (Å²) in [5.74, 6) is -0.123. The van der Waals surface area contributed by atoms with Crippen LogP contribution in [0.3, 0.4) is 0 Å². The van der Waals surface area contributed by atoms with Crippen molar-refractivity contribution >= 4 is 58.0 Å². The summed E-state index contributed by atoms with van der Waals surface area (Å²) in [6.45, 7) is 0. The normalized spacial score (nSPS) is 10.6. The molecule has 0 unspecified atom stereocenters. The minimum absolute atomic E-state index is 0. The third kappa shape index (κ3) is 8.09. The predicted octanol–water partition coefficient (Wildman–Crippen LogP) is 8.97. The van der Waals surface area contributed by atoms with Crippen molar-refractivity contribution in [1.29, 1.82) is 0 Å². The van der Waals surface area contributed by atoms with Crippen molar-refractivity contribution in [3.63, 3.8) is 0 Å². The average molecular weight is 603 g/mol. The summed E-state index contributed by atoms with van der Waals surface area (Å²) >= 11 is 18.5. The second-order valence-electron chi connectivity index (χ2n) is 7.81. The largest absolute Gasteiger partial charge is 2.00 e. The van der Waals surface area contributed by atoms with E-state index in [2.05, 4.69) is 15.6 Å². The van der Waals surface area contributed by atoms with E-state index >= 15 is 0 Å². The van der Waals surface area contributed by atoms with Gasteiger partial charge in [-0.1, -0.05) is 70.7 Å². The molecule has 0 saturated carbocycles. The number of benzene rings is 3. The van der Waals surface area contributed by atoms with E-state index in [4.69, 9.17) is 34.8 Å². The van der Waals surface area contributed by atoms with E-state index in [0.29, 0.717) is 16.3 Å². The first kappa shape index (κ1) is 29.2. The van der Waals surface area contributed by atoms with Gasteiger partial charge in [-0.05, 0) is 24.3 Å². The number of guanidine groups is 1. The standard InChI is InChI=1S/C25H17Cl3N3O.C5H5.Fe/c26-20-14-15-21(23(28)22(20)27)30-25(31-24(32)18-8-2-1-3-9-18)29-19-12-10-17(11-13-19)16-6-4-5-7-16;1-2-4-5-3-1;/h1-15H,(H2,29,30,31,32);1-5H;/q2*-1;+2. The summed E-state index contributed by atoms with van der Waals surface area (Å²) in [5, 5.41) is 6.66. The molecule has 0 aliphatic carbocycles. The van der Waals surface area contributed by atoms with Crippen LogP contribution in [0.2, 0.25) is 15.1 Å². The molecule has 0 spiro atoms. The number of carbonyl (C=O) groups excluding carboxylic acids is 1. The molecule has 0 aliphatic heterocycles. The van der Waals surface area contributed by atoms with Crippen molar-refractivity contribution in [3.8, 4) is 11.1 Å². The number of anilines is 1. The Kier molecular flexibility index (Phi) is 11.2. The third-order valence-corrected chi connectivity index (χ3v) is 6.50. The Morgan fingerprint density at radius 2 is 1.42 bits per heavy atom. The van der Waals surface area contributed by atoms with Crippen LogP contribution in [0, 0.1) is 0 Å². The van der Waals surface area contributed by atoms with Crippen molar-refractivity contribution < 1.29 is 21.9 Å². The number of rotatable bonds is 4. The van der Waals surface area contributed by atoms with Gasteiger partial charge in [-0.25, -0.2) is 17.1 Å². The van der Waals surface area contributed by atoms with E-state index in [-0.39, 0.29) is 39.0 Å². The van der Waals surface area contributed by atoms with Crippen molar-refractivity contribution in [3.05, 3.63) is 142 Å². The van der Waals surface area contributed by atoms with Crippen LogP contribution in [0.5, 0.6) is 0 Å². The van der Waals surface area contributed by atoms with Crippen LogP contribution in [0.1, 0.15) is 10.4 Å². The molecule has 2 N–H and O–H groups in total. The molecule has 4 nitrogen and oxygen atoms in total. The SMILES string of the molecule is O=C(NC(=Nc1ccc(Cl)c(Cl)c1Cl)Nc1ccc(-[c-]2cccc2)cc1)c1ccccc1.[Fe+2].c1cc[cH-]c1. The van der Waals surface area contributed by atoms with E-state index in [1.807, 2.05) is 84.9 Å². The summed E-state index contributed by atoms with van der Waals surface area (Å²) in [5.41, 5.74) is 3.81. The van der Waals surface area contributed by atoms with Gasteiger partial charge in [0.05, 0.1) is 20.8 Å². The molecule has 0 bridgehead atoms. The molecule has 0 radical (unpaired) electrons. The molecule has 0 aliphatic rings. The maximum atomic E-state index is 12.7. The quantitative estimate of drug-likeness (QED) is 0.0709. The molecule has 0 saturated heterocycles. The van der Waals surface area contributed by atoms with Crippen LogP contribution in [-0.2, 0) is 17.1 Å². The van der Waals surface area contributed by atoms with Crippen LogP contribution in [0.15, 0.2) is 126 Å². The van der Waals surface area contributed by atoms with Crippen LogP contribution in [0.4, 0.5) is 11.4 Å². The molecule has 192 valence electrons. The van der Waals surface area contributed by atoms with Crippen molar-refractivity contribution in [2.75, 3.05) is 5.32 Å². The van der Waals surface area contributed by atoms with Crippen molar-refractivity contribution in [1.82, 2.24) is 5.32 Å². The summed E-state index contributed by atoms with van der Waals surface area (Å²) in [6.07, 6.45) is 0. The van der Waals surface area contributed by atoms with Gasteiger partial charge >= 0.3 is 17.1 Å². The van der Waals surface area contributed by atoms with Gasteiger partial charge in [-0.3, -0.25) is 10.1 Å². The van der Waals surface area contributed by atoms with Gasteiger partial charge in [-0.15, -0.1) is 29.8 Å². The number of amides is 1. The van der Waals surface area contributed by atoms with Crippen LogP contribution in [0.25, 0.3) is 11.1 Å². The molecule has 1 amide bonds. The van der Waals surface area contributed by atoms with E-state index in [1.165, 1.54) is 0 Å². The molecule has 38 heavy (non-hydrogen) atoms. The number of carbonyl (C=O) groups is 1. The maximum Gasteiger partial charge on any atom is 2.00 e. The van der Waals surface area contributed by atoms with Crippen molar-refractivity contribution in [2.24, 2.45) is 4.99 Å². The summed E-state index contributed by atoms with van der Waals surface area (Å²) < 4.78 is 0. The fourth-order valence-electron chi connectivity index (χ4n) is 3.35. The minimum atomic E-state index is -0.318. The molecule has 0 fully saturated rings. The smallest absolute Gasteiger partial charge is 0.327 e. The Morgan fingerprint density at radius 3 is 2.03 bits per heavy atom. The number of nitrogens with one attached hydrogen (secondary N) is 2. The van der Waals surface area contributed by atoms with E-state index < -0.39 is 0 Å². The van der Waals surface area contributed by atoms with Crippen LogP contribution >= 0.6 is 34.8 Å². The number of hydrogen-bond acceptors (Lipinski definition) is 2. The monoisotopic (exact) mass is 601 g/mol. The van der Waals surface area contributed by atoms with E-state index in [1.54, 1.807) is 36.4 Å². The van der Waals surface area contributed by atoms with Gasteiger partial charge in [-0.2, -0.15) is 30.3 Å². The zero-order valence-corrected chi connectivity index (χ0v) is 23.3. The minimum Gasteiger partial charge on any atom is -0.327 e. The van der Waals surface area contributed by atoms with Gasteiger partial charge < -0.3 is 5.32 Å². The number of aliphatic imine (C=N–C) groups is 1. The average Bonchev–Trinajstić information content (AvgIpc) is 3.68. The first-order valence-electron chi connectivity index (χ1n) is 11.4. The third-order valence-electron chi connectivity index (χ3n) is 5.21. The Balaban J connectivity index is 0.000000598. The van der Waals surface area contributed by atoms with Gasteiger partial charge in [0.25, 0.3) is 5.91 Å². The Morgan fingerprint density at radius 1 is 0.763 bits per heavy atom. The molecule has 5 aromatic carbocycles. The molecule has 0 heterocycles. The molecule has 5 rings (SSSR count). The molecule has 0 aromatic heterocycles. The molecule has 0 atom stereocenters. The summed E-state index contributed by atoms with van der Waals surface area (Å²) in [4.78, 5) is 17.2. The molecule has 8 heteroatoms. The molecular formula is C30H22Cl3FeN3O. The Labute approximate surface area is 247 Å². The fraction of sp³-hybridized carbons (Fsp3) is 0. The van der Waals surface area contributed by atoms with Crippen LogP contribution < -0.4 is 10.6 Å². The Hall–Kier alpha value is -3.31. The van der Waals surface area contributed by atoms with Gasteiger partial charge in [0.2, 0.25) is 5.96 Å². The maximum absolute atomic E-state index is 12.7. The van der Waals surface area contributed by atoms with Gasteiger partial charge in [0.1, 0.15) is 0 Å². The predicted molar refractivity (Wildman–Crippen MR) is 156 cm³/mol. The summed E-state index contributed by atoms with van der Waals surface area (Å²) in [6, 6.07) is 37.9. The number of halogens is 3. The number of hydrogen-bond donors (Lipinski definition) is 2. The van der Waals surface area contributed by atoms with Gasteiger partial charge in [0, 0.05) is 11.3 Å². The topological polar surface area (TPSA) is 53.5 Å². The Bertz CT molecular complexity index is 1430. The van der Waals surface area contributed by atoms with Gasteiger partial charge in [0.15, 0.2) is 0 Å². The zero-order valence-electron chi connectivity index (χ0n) is 19.9. The van der Waals surface area contributed by atoms with Crippen LogP contribution in [-0.4, -0.2) is 11.9 Å². The van der Waals surface area contributed by atoms with Crippen molar-refractivity contribution in [2.45, 2.75) is 0 Å².